The summed E-state index contributed by atoms with van der Waals surface area (Å²) in [6.45, 7) is 3.97. The highest BCUT2D eigenvalue weighted by Crippen LogP contribution is 2.34. The summed E-state index contributed by atoms with van der Waals surface area (Å²) in [5.74, 6) is 0.0290. The van der Waals surface area contributed by atoms with Crippen LogP contribution in [0.5, 0.6) is 0 Å². The summed E-state index contributed by atoms with van der Waals surface area (Å²) in [7, 11) is 0. The van der Waals surface area contributed by atoms with Crippen LogP contribution in [0.15, 0.2) is 11.0 Å². The third kappa shape index (κ3) is 6.82. The van der Waals surface area contributed by atoms with Gasteiger partial charge in [-0.3, -0.25) is 9.59 Å². The van der Waals surface area contributed by atoms with E-state index in [-0.39, 0.29) is 30.1 Å². The van der Waals surface area contributed by atoms with E-state index in [4.69, 9.17) is 9.47 Å². The average Bonchev–Trinajstić information content (AvgIpc) is 3.25. The Balaban J connectivity index is 1.65. The lowest BCUT2D eigenvalue weighted by atomic mass is 10.0. The van der Waals surface area contributed by atoms with Gasteiger partial charge in [0.2, 0.25) is 0 Å². The molecule has 0 saturated carbocycles. The van der Waals surface area contributed by atoms with Crippen molar-refractivity contribution in [3.8, 4) is 0 Å². The van der Waals surface area contributed by atoms with Gasteiger partial charge in [-0.1, -0.05) is 19.3 Å². The number of hydrogen-bond acceptors (Lipinski definition) is 6. The van der Waals surface area contributed by atoms with E-state index >= 15 is 0 Å². The fraction of sp³-hybridized carbons (Fsp3) is 0.682. The fourth-order valence-corrected chi connectivity index (χ4v) is 4.31. The molecule has 1 aromatic rings. The van der Waals surface area contributed by atoms with Gasteiger partial charge >= 0.3 is 5.97 Å². The van der Waals surface area contributed by atoms with Gasteiger partial charge in [0.05, 0.1) is 22.9 Å². The second-order valence-electron chi connectivity index (χ2n) is 7.95. The van der Waals surface area contributed by atoms with Crippen molar-refractivity contribution >= 4 is 29.2 Å². The van der Waals surface area contributed by atoms with Crippen LogP contribution >= 0.6 is 11.3 Å². The van der Waals surface area contributed by atoms with Crippen molar-refractivity contribution in [3.05, 3.63) is 21.7 Å². The minimum Gasteiger partial charge on any atom is -0.458 e. The van der Waals surface area contributed by atoms with Crippen molar-refractivity contribution in [1.29, 1.82) is 0 Å². The third-order valence-corrected chi connectivity index (χ3v) is 6.25. The summed E-state index contributed by atoms with van der Waals surface area (Å²) >= 11 is 1.61. The van der Waals surface area contributed by atoms with Crippen LogP contribution in [0.4, 0.5) is 0 Å². The van der Waals surface area contributed by atoms with E-state index in [9.17, 15) is 9.59 Å². The summed E-state index contributed by atoms with van der Waals surface area (Å²) in [5, 5.41) is 3.03. The minimum absolute atomic E-state index is 0.174. The summed E-state index contributed by atoms with van der Waals surface area (Å²) < 4.78 is 11.6. The van der Waals surface area contributed by atoms with Crippen molar-refractivity contribution < 1.29 is 19.1 Å². The molecule has 6 heteroatoms. The first-order chi connectivity index (χ1) is 13.5. The first-order valence-electron chi connectivity index (χ1n) is 10.5. The molecule has 0 radical (unpaired) electrons. The number of cyclic esters (lactones) is 1. The van der Waals surface area contributed by atoms with Crippen LogP contribution in [0.2, 0.25) is 0 Å². The van der Waals surface area contributed by atoms with Gasteiger partial charge in [-0.15, -0.1) is 11.3 Å². The number of Topliss-reactive ketones (excluding diaryl/α,β-unsaturated/α-hetero) is 1. The van der Waals surface area contributed by atoms with E-state index in [0.717, 1.165) is 48.4 Å². The molecule has 0 amide bonds. The topological polar surface area (TPSA) is 68.8 Å². The third-order valence-electron chi connectivity index (χ3n) is 5.46. The number of aryl methyl sites for hydroxylation is 1. The van der Waals surface area contributed by atoms with Crippen LogP contribution in [0.25, 0.3) is 6.08 Å². The number of thiazole rings is 1. The van der Waals surface area contributed by atoms with Gasteiger partial charge in [-0.2, -0.15) is 0 Å². The van der Waals surface area contributed by atoms with Crippen molar-refractivity contribution in [1.82, 2.24) is 4.98 Å². The van der Waals surface area contributed by atoms with E-state index in [1.54, 1.807) is 11.3 Å². The number of carbonyl (C=O) groups is 2. The monoisotopic (exact) mass is 405 g/mol. The first kappa shape index (κ1) is 21.2. The number of epoxide rings is 1. The van der Waals surface area contributed by atoms with Crippen LogP contribution in [0.1, 0.15) is 81.8 Å². The number of aromatic nitrogens is 1. The van der Waals surface area contributed by atoms with Crippen LogP contribution in [-0.4, -0.2) is 35.0 Å². The van der Waals surface area contributed by atoms with E-state index in [1.807, 2.05) is 25.3 Å². The molecule has 0 N–H and O–H groups in total. The maximum Gasteiger partial charge on any atom is 0.306 e. The van der Waals surface area contributed by atoms with Gasteiger partial charge < -0.3 is 9.47 Å². The zero-order valence-electron chi connectivity index (χ0n) is 16.9. The molecular formula is C22H31NO4S. The highest BCUT2D eigenvalue weighted by atomic mass is 32.1. The van der Waals surface area contributed by atoms with Gasteiger partial charge in [0.1, 0.15) is 11.9 Å². The highest BCUT2D eigenvalue weighted by molar-refractivity contribution is 7.09. The van der Waals surface area contributed by atoms with E-state index in [1.165, 1.54) is 0 Å². The molecule has 28 heavy (non-hydrogen) atoms. The number of carbonyl (C=O) groups excluding carboxylic acids is 2. The zero-order chi connectivity index (χ0) is 19.9. The number of ether oxygens (including phenoxy) is 2. The maximum absolute atomic E-state index is 12.4. The molecule has 3 heterocycles. The molecule has 154 valence electrons. The lowest BCUT2D eigenvalue weighted by Crippen LogP contribution is -2.22. The Bertz CT molecular complexity index is 711. The van der Waals surface area contributed by atoms with Crippen LogP contribution in [0.3, 0.4) is 0 Å². The smallest absolute Gasteiger partial charge is 0.306 e. The lowest BCUT2D eigenvalue weighted by Gasteiger charge is -2.18. The molecule has 1 aromatic heterocycles. The molecule has 5 nitrogen and oxygen atoms in total. The second-order valence-corrected chi connectivity index (χ2v) is 9.01. The predicted molar refractivity (Wildman–Crippen MR) is 110 cm³/mol. The average molecular weight is 406 g/mol. The van der Waals surface area contributed by atoms with Crippen molar-refractivity contribution in [3.63, 3.8) is 0 Å². The molecule has 2 fully saturated rings. The first-order valence-corrected chi connectivity index (χ1v) is 11.4. The standard InChI is InChI=1S/C22H31NO4S/c1-15(12-17-14-28-16(2)23-17)20-13-21-19(26-21)10-6-4-3-5-8-18(24)9-7-11-22(25)27-20/h12,14,19-21H,3-11,13H2,1-2H3. The summed E-state index contributed by atoms with van der Waals surface area (Å²) in [6, 6.07) is 0. The molecule has 3 unspecified atom stereocenters. The van der Waals surface area contributed by atoms with Crippen molar-refractivity contribution in [2.45, 2.75) is 96.4 Å². The fourth-order valence-electron chi connectivity index (χ4n) is 3.74. The molecule has 0 bridgehead atoms. The molecular weight excluding hydrogens is 374 g/mol. The molecule has 0 aromatic carbocycles. The summed E-state index contributed by atoms with van der Waals surface area (Å²) in [6.07, 6.45) is 10.2. The summed E-state index contributed by atoms with van der Waals surface area (Å²) in [4.78, 5) is 28.8. The maximum atomic E-state index is 12.4. The van der Waals surface area contributed by atoms with Crippen LogP contribution < -0.4 is 0 Å². The van der Waals surface area contributed by atoms with Gasteiger partial charge in [0, 0.05) is 31.1 Å². The number of ketones is 1. The normalized spacial score (nSPS) is 28.5. The largest absolute Gasteiger partial charge is 0.458 e. The Hall–Kier alpha value is -1.53. The van der Waals surface area contributed by atoms with E-state index in [2.05, 4.69) is 4.98 Å². The Kier molecular flexibility index (Phi) is 7.80. The molecule has 3 rings (SSSR count). The molecule has 0 spiro atoms. The van der Waals surface area contributed by atoms with Crippen molar-refractivity contribution in [2.75, 3.05) is 0 Å². The molecule has 2 aliphatic rings. The molecule has 3 atom stereocenters. The van der Waals surface area contributed by atoms with Gasteiger partial charge in [0.25, 0.3) is 0 Å². The Morgan fingerprint density at radius 2 is 1.89 bits per heavy atom. The van der Waals surface area contributed by atoms with Gasteiger partial charge in [-0.25, -0.2) is 4.98 Å². The molecule has 2 saturated heterocycles. The number of fused-ring (bicyclic) bond motifs is 1. The number of esters is 1. The van der Waals surface area contributed by atoms with Gasteiger partial charge in [0.15, 0.2) is 0 Å². The number of hydrogen-bond donors (Lipinski definition) is 0. The molecule has 2 aliphatic heterocycles. The van der Waals surface area contributed by atoms with Crippen LogP contribution in [-0.2, 0) is 19.1 Å². The van der Waals surface area contributed by atoms with Crippen LogP contribution in [0, 0.1) is 6.92 Å². The highest BCUT2D eigenvalue weighted by Gasteiger charge is 2.40. The quantitative estimate of drug-likeness (QED) is 0.510. The van der Waals surface area contributed by atoms with Gasteiger partial charge in [-0.05, 0) is 44.8 Å². The summed E-state index contributed by atoms with van der Waals surface area (Å²) in [5.41, 5.74) is 1.90. The van der Waals surface area contributed by atoms with Crippen molar-refractivity contribution in [2.24, 2.45) is 0 Å². The lowest BCUT2D eigenvalue weighted by molar-refractivity contribution is -0.147. The predicted octanol–water partition coefficient (Wildman–Crippen LogP) is 5.02. The number of nitrogens with zero attached hydrogens (tertiary/aromatic N) is 1. The molecule has 0 aliphatic carbocycles. The number of rotatable bonds is 2. The van der Waals surface area contributed by atoms with E-state index < -0.39 is 0 Å². The zero-order valence-corrected chi connectivity index (χ0v) is 17.8. The van der Waals surface area contributed by atoms with E-state index in [0.29, 0.717) is 32.1 Å². The Morgan fingerprint density at radius 3 is 2.68 bits per heavy atom. The Morgan fingerprint density at radius 1 is 1.11 bits per heavy atom. The second kappa shape index (κ2) is 10.3. The Labute approximate surface area is 171 Å². The minimum atomic E-state index is -0.298. The SMILES string of the molecule is CC(=Cc1csc(C)n1)C1CC2OC2CCCCCCC(=O)CCCC(=O)O1.